The number of amides is 1. The van der Waals surface area contributed by atoms with Crippen molar-refractivity contribution < 1.29 is 17.7 Å². The molecule has 1 aromatic heterocycles. The van der Waals surface area contributed by atoms with Gasteiger partial charge in [0.15, 0.2) is 5.76 Å². The topological polar surface area (TPSA) is 92.5 Å². The van der Waals surface area contributed by atoms with Gasteiger partial charge in [0, 0.05) is 30.1 Å². The Bertz CT molecular complexity index is 1140. The number of hydrogen-bond donors (Lipinski definition) is 1. The first kappa shape index (κ1) is 19.6. The number of sulfonamides is 1. The number of benzene rings is 2. The molecule has 29 heavy (non-hydrogen) atoms. The van der Waals surface area contributed by atoms with E-state index in [4.69, 9.17) is 4.52 Å². The lowest BCUT2D eigenvalue weighted by molar-refractivity contribution is -0.120. The van der Waals surface area contributed by atoms with Crippen molar-refractivity contribution in [3.8, 4) is 0 Å². The minimum atomic E-state index is -3.67. The minimum Gasteiger partial charge on any atom is -0.360 e. The Kier molecular flexibility index (Phi) is 5.14. The summed E-state index contributed by atoms with van der Waals surface area (Å²) < 4.78 is 32.3. The number of carbonyl (C=O) groups excluding carboxylic acids is 1. The van der Waals surface area contributed by atoms with Gasteiger partial charge < -0.3 is 9.84 Å². The van der Waals surface area contributed by atoms with Gasteiger partial charge in [-0.1, -0.05) is 41.6 Å². The van der Waals surface area contributed by atoms with Gasteiger partial charge in [0.25, 0.3) is 0 Å². The number of rotatable bonds is 4. The number of aryl methyl sites for hydroxylation is 2. The number of fused-ring (bicyclic) bond motifs is 1. The summed E-state index contributed by atoms with van der Waals surface area (Å²) in [6, 6.07) is 13.7. The third-order valence-electron chi connectivity index (χ3n) is 5.44. The molecule has 0 saturated carbocycles. The zero-order valence-electron chi connectivity index (χ0n) is 16.4. The van der Waals surface area contributed by atoms with E-state index in [0.717, 1.165) is 16.5 Å². The van der Waals surface area contributed by atoms with Gasteiger partial charge in [0.1, 0.15) is 10.6 Å². The first-order valence-electron chi connectivity index (χ1n) is 9.59. The summed E-state index contributed by atoms with van der Waals surface area (Å²) in [4.78, 5) is 12.9. The molecule has 0 bridgehead atoms. The Morgan fingerprint density at radius 3 is 2.48 bits per heavy atom. The van der Waals surface area contributed by atoms with Gasteiger partial charge in [-0.2, -0.15) is 4.31 Å². The maximum atomic E-state index is 12.9. The standard InChI is InChI=1S/C21H23N3O4S/c1-14-20(15(2)28-23-14)29(26,27)24-12-10-17(11-13-24)21(25)22-19-9-5-7-16-6-3-4-8-18(16)19/h3-9,17H,10-13H2,1-2H3,(H,22,25). The molecule has 1 aliphatic heterocycles. The lowest BCUT2D eigenvalue weighted by atomic mass is 9.97. The highest BCUT2D eigenvalue weighted by molar-refractivity contribution is 7.89. The Labute approximate surface area is 169 Å². The fourth-order valence-corrected chi connectivity index (χ4v) is 5.66. The molecule has 1 fully saturated rings. The summed E-state index contributed by atoms with van der Waals surface area (Å²) in [5, 5.41) is 8.82. The fourth-order valence-electron chi connectivity index (χ4n) is 3.90. The number of anilines is 1. The van der Waals surface area contributed by atoms with Crippen LogP contribution in [0.1, 0.15) is 24.3 Å². The molecule has 0 atom stereocenters. The zero-order chi connectivity index (χ0) is 20.6. The average molecular weight is 413 g/mol. The van der Waals surface area contributed by atoms with Gasteiger partial charge in [-0.25, -0.2) is 8.42 Å². The first-order chi connectivity index (χ1) is 13.9. The molecule has 2 aromatic carbocycles. The largest absolute Gasteiger partial charge is 0.360 e. The Morgan fingerprint density at radius 2 is 1.79 bits per heavy atom. The van der Waals surface area contributed by atoms with E-state index in [-0.39, 0.29) is 16.7 Å². The van der Waals surface area contributed by atoms with E-state index in [2.05, 4.69) is 10.5 Å². The smallest absolute Gasteiger partial charge is 0.248 e. The van der Waals surface area contributed by atoms with Crippen LogP contribution in [0, 0.1) is 19.8 Å². The number of hydrogen-bond acceptors (Lipinski definition) is 5. The van der Waals surface area contributed by atoms with Crippen LogP contribution < -0.4 is 5.32 Å². The second kappa shape index (κ2) is 7.61. The molecule has 0 unspecified atom stereocenters. The molecule has 0 spiro atoms. The average Bonchev–Trinajstić information content (AvgIpc) is 3.07. The van der Waals surface area contributed by atoms with Crippen LogP contribution in [0.3, 0.4) is 0 Å². The molecule has 2 heterocycles. The van der Waals surface area contributed by atoms with Crippen LogP contribution in [0.25, 0.3) is 10.8 Å². The van der Waals surface area contributed by atoms with Gasteiger partial charge in [-0.15, -0.1) is 0 Å². The summed E-state index contributed by atoms with van der Waals surface area (Å²) in [5.74, 6) is -0.0147. The number of nitrogens with one attached hydrogen (secondary N) is 1. The quantitative estimate of drug-likeness (QED) is 0.707. The van der Waals surface area contributed by atoms with Crippen LogP contribution in [-0.2, 0) is 14.8 Å². The van der Waals surface area contributed by atoms with Crippen molar-refractivity contribution in [3.05, 3.63) is 53.9 Å². The highest BCUT2D eigenvalue weighted by Crippen LogP contribution is 2.29. The van der Waals surface area contributed by atoms with Gasteiger partial charge in [0.2, 0.25) is 15.9 Å². The van der Waals surface area contributed by atoms with E-state index in [1.165, 1.54) is 4.31 Å². The van der Waals surface area contributed by atoms with Crippen molar-refractivity contribution in [2.75, 3.05) is 18.4 Å². The molecule has 1 saturated heterocycles. The Morgan fingerprint density at radius 1 is 1.10 bits per heavy atom. The molecular weight excluding hydrogens is 390 g/mol. The molecule has 0 radical (unpaired) electrons. The van der Waals surface area contributed by atoms with Crippen LogP contribution in [0.2, 0.25) is 0 Å². The van der Waals surface area contributed by atoms with Gasteiger partial charge in [0.05, 0.1) is 0 Å². The zero-order valence-corrected chi connectivity index (χ0v) is 17.2. The maximum absolute atomic E-state index is 12.9. The van der Waals surface area contributed by atoms with E-state index in [9.17, 15) is 13.2 Å². The normalized spacial score (nSPS) is 16.2. The molecule has 4 rings (SSSR count). The second-order valence-electron chi connectivity index (χ2n) is 7.35. The SMILES string of the molecule is Cc1noc(C)c1S(=O)(=O)N1CCC(C(=O)Nc2cccc3ccccc23)CC1. The summed E-state index contributed by atoms with van der Waals surface area (Å²) in [6.45, 7) is 3.80. The summed E-state index contributed by atoms with van der Waals surface area (Å²) >= 11 is 0. The third-order valence-corrected chi connectivity index (χ3v) is 7.58. The van der Waals surface area contributed by atoms with Crippen molar-refractivity contribution in [3.63, 3.8) is 0 Å². The predicted octanol–water partition coefficient (Wildman–Crippen LogP) is 3.48. The van der Waals surface area contributed by atoms with Crippen LogP contribution in [-0.4, -0.2) is 36.9 Å². The monoisotopic (exact) mass is 413 g/mol. The molecular formula is C21H23N3O4S. The van der Waals surface area contributed by atoms with Crippen molar-refractivity contribution in [2.45, 2.75) is 31.6 Å². The highest BCUT2D eigenvalue weighted by atomic mass is 32.2. The first-order valence-corrected chi connectivity index (χ1v) is 11.0. The molecule has 1 amide bonds. The molecule has 0 aliphatic carbocycles. The van der Waals surface area contributed by atoms with Crippen molar-refractivity contribution >= 4 is 32.4 Å². The van der Waals surface area contributed by atoms with Crippen molar-refractivity contribution in [1.82, 2.24) is 9.46 Å². The lowest BCUT2D eigenvalue weighted by Gasteiger charge is -2.30. The van der Waals surface area contributed by atoms with E-state index in [0.29, 0.717) is 37.4 Å². The Hall–Kier alpha value is -2.71. The fraction of sp³-hybridized carbons (Fsp3) is 0.333. The summed E-state index contributed by atoms with van der Waals surface area (Å²) in [6.07, 6.45) is 0.943. The number of carbonyl (C=O) groups is 1. The number of nitrogens with zero attached hydrogens (tertiary/aromatic N) is 2. The molecule has 1 N–H and O–H groups in total. The number of piperidine rings is 1. The lowest BCUT2D eigenvalue weighted by Crippen LogP contribution is -2.41. The summed E-state index contributed by atoms with van der Waals surface area (Å²) in [7, 11) is -3.67. The van der Waals surface area contributed by atoms with Gasteiger partial charge in [-0.3, -0.25) is 4.79 Å². The third kappa shape index (κ3) is 3.65. The van der Waals surface area contributed by atoms with Crippen LogP contribution in [0.15, 0.2) is 51.9 Å². The highest BCUT2D eigenvalue weighted by Gasteiger charge is 2.35. The van der Waals surface area contributed by atoms with Crippen molar-refractivity contribution in [2.24, 2.45) is 5.92 Å². The molecule has 8 heteroatoms. The van der Waals surface area contributed by atoms with Crippen LogP contribution in [0.4, 0.5) is 5.69 Å². The van der Waals surface area contributed by atoms with E-state index < -0.39 is 10.0 Å². The summed E-state index contributed by atoms with van der Waals surface area (Å²) in [5.41, 5.74) is 1.14. The number of aromatic nitrogens is 1. The van der Waals surface area contributed by atoms with Gasteiger partial charge in [-0.05, 0) is 38.1 Å². The van der Waals surface area contributed by atoms with E-state index >= 15 is 0 Å². The molecule has 3 aromatic rings. The van der Waals surface area contributed by atoms with Crippen molar-refractivity contribution in [1.29, 1.82) is 0 Å². The van der Waals surface area contributed by atoms with E-state index in [1.54, 1.807) is 13.8 Å². The van der Waals surface area contributed by atoms with Crippen LogP contribution >= 0.6 is 0 Å². The second-order valence-corrected chi connectivity index (χ2v) is 9.22. The minimum absolute atomic E-state index is 0.0734. The maximum Gasteiger partial charge on any atom is 0.248 e. The van der Waals surface area contributed by atoms with Crippen LogP contribution in [0.5, 0.6) is 0 Å². The Balaban J connectivity index is 1.45. The molecule has 1 aliphatic rings. The van der Waals surface area contributed by atoms with Gasteiger partial charge >= 0.3 is 0 Å². The predicted molar refractivity (Wildman–Crippen MR) is 110 cm³/mol. The van der Waals surface area contributed by atoms with E-state index in [1.807, 2.05) is 42.5 Å². The molecule has 7 nitrogen and oxygen atoms in total. The molecule has 152 valence electrons.